The van der Waals surface area contributed by atoms with Crippen molar-refractivity contribution >= 4 is 40.8 Å². The molecule has 2 saturated heterocycles. The van der Waals surface area contributed by atoms with Gasteiger partial charge >= 0.3 is 0 Å². The van der Waals surface area contributed by atoms with Crippen molar-refractivity contribution in [1.82, 2.24) is 20.2 Å². The number of hydrogen-bond donors (Lipinski definition) is 1. The predicted octanol–water partition coefficient (Wildman–Crippen LogP) is 3.94. The molecule has 196 valence electrons. The van der Waals surface area contributed by atoms with Crippen LogP contribution in [0, 0.1) is 0 Å². The Bertz CT molecular complexity index is 987. The van der Waals surface area contributed by atoms with Gasteiger partial charge in [0.05, 0.1) is 12.9 Å². The van der Waals surface area contributed by atoms with Crippen LogP contribution in [0.2, 0.25) is 5.15 Å². The Balaban J connectivity index is 1.21. The molecule has 36 heavy (non-hydrogen) atoms. The number of carbonyl (C=O) groups excluding carboxylic acids is 1. The number of halogens is 1. The van der Waals surface area contributed by atoms with Crippen molar-refractivity contribution in [3.8, 4) is 5.75 Å². The molecule has 1 amide bonds. The number of ether oxygens (including phenoxy) is 1. The molecule has 0 radical (unpaired) electrons. The zero-order valence-corrected chi connectivity index (χ0v) is 22.9. The van der Waals surface area contributed by atoms with E-state index in [2.05, 4.69) is 49.0 Å². The number of carbonyl (C=O) groups is 1. The first-order valence-electron chi connectivity index (χ1n) is 12.8. The van der Waals surface area contributed by atoms with Crippen LogP contribution in [0.5, 0.6) is 5.75 Å². The number of thioether (sulfide) groups is 1. The van der Waals surface area contributed by atoms with Crippen molar-refractivity contribution in [1.29, 1.82) is 0 Å². The van der Waals surface area contributed by atoms with E-state index >= 15 is 0 Å². The molecule has 3 heterocycles. The number of benzene rings is 1. The molecule has 2 aliphatic rings. The summed E-state index contributed by atoms with van der Waals surface area (Å²) in [5.74, 6) is 1.96. The van der Waals surface area contributed by atoms with Gasteiger partial charge in [0.25, 0.3) is 0 Å². The van der Waals surface area contributed by atoms with E-state index in [0.717, 1.165) is 50.7 Å². The van der Waals surface area contributed by atoms with Gasteiger partial charge in [0.15, 0.2) is 5.16 Å². The molecule has 2 aromatic rings. The number of rotatable bonds is 10. The van der Waals surface area contributed by atoms with E-state index in [1.807, 2.05) is 12.1 Å². The number of piperidine rings is 1. The summed E-state index contributed by atoms with van der Waals surface area (Å²) in [4.78, 5) is 28.5. The number of anilines is 2. The lowest BCUT2D eigenvalue weighted by Crippen LogP contribution is -2.46. The van der Waals surface area contributed by atoms with Gasteiger partial charge in [-0.25, -0.2) is 9.97 Å². The fraction of sp³-hybridized carbons (Fsp3) is 0.577. The monoisotopic (exact) mass is 532 g/mol. The highest BCUT2D eigenvalue weighted by molar-refractivity contribution is 7.99. The number of amides is 1. The quantitative estimate of drug-likeness (QED) is 0.213. The van der Waals surface area contributed by atoms with Gasteiger partial charge in [0, 0.05) is 57.1 Å². The summed E-state index contributed by atoms with van der Waals surface area (Å²) >= 11 is 7.64. The minimum absolute atomic E-state index is 0.00456. The first kappa shape index (κ1) is 26.8. The van der Waals surface area contributed by atoms with Gasteiger partial charge in [-0.1, -0.05) is 29.8 Å². The van der Waals surface area contributed by atoms with Crippen LogP contribution in [0.25, 0.3) is 0 Å². The molecule has 1 unspecified atom stereocenters. The van der Waals surface area contributed by atoms with Crippen molar-refractivity contribution in [2.75, 3.05) is 68.5 Å². The highest BCUT2D eigenvalue weighted by atomic mass is 35.5. The van der Waals surface area contributed by atoms with Gasteiger partial charge in [0.2, 0.25) is 5.91 Å². The Labute approximate surface area is 223 Å². The SMILES string of the molecule is COc1ccc(N2CCN(c3cc(Cl)nc(SCC(=O)NCCCN4CCCCC4C)n3)CC2)cc1. The van der Waals surface area contributed by atoms with Crippen molar-refractivity contribution in [2.45, 2.75) is 43.8 Å². The maximum absolute atomic E-state index is 12.4. The van der Waals surface area contributed by atoms with Crippen LogP contribution in [0.1, 0.15) is 32.6 Å². The van der Waals surface area contributed by atoms with E-state index in [0.29, 0.717) is 22.9 Å². The summed E-state index contributed by atoms with van der Waals surface area (Å²) in [6, 6.07) is 10.6. The number of nitrogens with one attached hydrogen (secondary N) is 1. The summed E-state index contributed by atoms with van der Waals surface area (Å²) in [5, 5.41) is 3.96. The minimum atomic E-state index is 0.00456. The van der Waals surface area contributed by atoms with Gasteiger partial charge in [-0.3, -0.25) is 4.79 Å². The first-order chi connectivity index (χ1) is 17.5. The van der Waals surface area contributed by atoms with Crippen LogP contribution in [-0.2, 0) is 4.79 Å². The summed E-state index contributed by atoms with van der Waals surface area (Å²) in [7, 11) is 1.68. The smallest absolute Gasteiger partial charge is 0.230 e. The van der Waals surface area contributed by atoms with Crippen molar-refractivity contribution < 1.29 is 9.53 Å². The highest BCUT2D eigenvalue weighted by Gasteiger charge is 2.20. The van der Waals surface area contributed by atoms with E-state index in [4.69, 9.17) is 16.3 Å². The lowest BCUT2D eigenvalue weighted by atomic mass is 10.0. The Hall–Kier alpha value is -2.23. The normalized spacial score (nSPS) is 18.8. The molecule has 0 spiro atoms. The summed E-state index contributed by atoms with van der Waals surface area (Å²) in [6.45, 7) is 8.65. The molecule has 2 fully saturated rings. The largest absolute Gasteiger partial charge is 0.497 e. The Morgan fingerprint density at radius 1 is 1.11 bits per heavy atom. The second-order valence-electron chi connectivity index (χ2n) is 9.38. The third-order valence-electron chi connectivity index (χ3n) is 6.92. The van der Waals surface area contributed by atoms with Gasteiger partial charge in [-0.2, -0.15) is 0 Å². The molecule has 10 heteroatoms. The Morgan fingerprint density at radius 3 is 2.58 bits per heavy atom. The molecule has 0 bridgehead atoms. The van der Waals surface area contributed by atoms with Crippen LogP contribution >= 0.6 is 23.4 Å². The molecule has 0 aliphatic carbocycles. The first-order valence-corrected chi connectivity index (χ1v) is 14.2. The van der Waals surface area contributed by atoms with Crippen LogP contribution in [0.15, 0.2) is 35.5 Å². The average Bonchev–Trinajstić information content (AvgIpc) is 2.91. The molecular formula is C26H37ClN6O2S. The highest BCUT2D eigenvalue weighted by Crippen LogP contribution is 2.25. The van der Waals surface area contributed by atoms with E-state index in [1.54, 1.807) is 13.2 Å². The average molecular weight is 533 g/mol. The van der Waals surface area contributed by atoms with E-state index < -0.39 is 0 Å². The number of piperazine rings is 1. The van der Waals surface area contributed by atoms with E-state index in [9.17, 15) is 4.79 Å². The van der Waals surface area contributed by atoms with Crippen LogP contribution in [0.4, 0.5) is 11.5 Å². The molecule has 1 N–H and O–H groups in total. The predicted molar refractivity (Wildman–Crippen MR) is 148 cm³/mol. The summed E-state index contributed by atoms with van der Waals surface area (Å²) in [6.07, 6.45) is 4.87. The second kappa shape index (κ2) is 13.4. The third kappa shape index (κ3) is 7.63. The lowest BCUT2D eigenvalue weighted by Gasteiger charge is -2.36. The number of likely N-dealkylation sites (tertiary alicyclic amines) is 1. The van der Waals surface area contributed by atoms with Crippen molar-refractivity contribution in [2.24, 2.45) is 0 Å². The fourth-order valence-corrected chi connectivity index (χ4v) is 5.69. The molecule has 1 aromatic heterocycles. The van der Waals surface area contributed by atoms with Gasteiger partial charge in [-0.05, 0) is 57.0 Å². The van der Waals surface area contributed by atoms with Crippen LogP contribution in [0.3, 0.4) is 0 Å². The second-order valence-corrected chi connectivity index (χ2v) is 10.7. The Morgan fingerprint density at radius 2 is 1.86 bits per heavy atom. The number of nitrogens with zero attached hydrogens (tertiary/aromatic N) is 5. The lowest BCUT2D eigenvalue weighted by molar-refractivity contribution is -0.118. The van der Waals surface area contributed by atoms with Gasteiger partial charge in [0.1, 0.15) is 16.7 Å². The minimum Gasteiger partial charge on any atom is -0.497 e. The molecule has 8 nitrogen and oxygen atoms in total. The topological polar surface area (TPSA) is 73.8 Å². The number of hydrogen-bond acceptors (Lipinski definition) is 8. The van der Waals surface area contributed by atoms with Crippen LogP contribution < -0.4 is 19.9 Å². The molecule has 1 aromatic carbocycles. The Kier molecular flexibility index (Phi) is 9.95. The fourth-order valence-electron chi connectivity index (χ4n) is 4.78. The molecule has 2 aliphatic heterocycles. The van der Waals surface area contributed by atoms with Crippen molar-refractivity contribution in [3.63, 3.8) is 0 Å². The van der Waals surface area contributed by atoms with Crippen molar-refractivity contribution in [3.05, 3.63) is 35.5 Å². The molecular weight excluding hydrogens is 496 g/mol. The van der Waals surface area contributed by atoms with Crippen LogP contribution in [-0.4, -0.2) is 85.5 Å². The van der Waals surface area contributed by atoms with Gasteiger partial charge in [-0.15, -0.1) is 0 Å². The van der Waals surface area contributed by atoms with E-state index in [1.165, 1.54) is 43.3 Å². The molecule has 4 rings (SSSR count). The number of methoxy groups -OCH3 is 1. The zero-order chi connectivity index (χ0) is 25.3. The molecule has 0 saturated carbocycles. The summed E-state index contributed by atoms with van der Waals surface area (Å²) < 4.78 is 5.26. The number of aromatic nitrogens is 2. The maximum atomic E-state index is 12.4. The summed E-state index contributed by atoms with van der Waals surface area (Å²) in [5.41, 5.74) is 1.18. The third-order valence-corrected chi connectivity index (χ3v) is 7.96. The zero-order valence-electron chi connectivity index (χ0n) is 21.3. The van der Waals surface area contributed by atoms with Gasteiger partial charge < -0.3 is 24.8 Å². The molecule has 1 atom stereocenters. The van der Waals surface area contributed by atoms with E-state index in [-0.39, 0.29) is 11.7 Å². The standard InChI is InChI=1S/C26H37ClN6O2S/c1-20-6-3-4-12-31(20)13-5-11-28-25(34)19-36-26-29-23(27)18-24(30-26)33-16-14-32(15-17-33)21-7-9-22(35-2)10-8-21/h7-10,18,20H,3-6,11-17,19H2,1-2H3,(H,28,34). The maximum Gasteiger partial charge on any atom is 0.230 e.